The van der Waals surface area contributed by atoms with Gasteiger partial charge in [0.05, 0.1) is 6.10 Å². The van der Waals surface area contributed by atoms with E-state index in [4.69, 9.17) is 0 Å². The molecule has 4 heteroatoms. The average molecular weight is 297 g/mol. The lowest BCUT2D eigenvalue weighted by Gasteiger charge is -2.33. The first kappa shape index (κ1) is 14.0. The first-order chi connectivity index (χ1) is 10.7. The molecule has 2 heterocycles. The summed E-state index contributed by atoms with van der Waals surface area (Å²) in [7, 11) is 2.16. The molecular formula is C18H23N3O. The van der Waals surface area contributed by atoms with E-state index < -0.39 is 0 Å². The van der Waals surface area contributed by atoms with Crippen LogP contribution in [0.25, 0.3) is 0 Å². The van der Waals surface area contributed by atoms with E-state index in [2.05, 4.69) is 45.9 Å². The molecule has 1 aromatic heterocycles. The molecule has 22 heavy (non-hydrogen) atoms. The van der Waals surface area contributed by atoms with E-state index in [1.165, 1.54) is 17.8 Å². The molecule has 1 aliphatic heterocycles. The van der Waals surface area contributed by atoms with Gasteiger partial charge in [0.25, 0.3) is 0 Å². The van der Waals surface area contributed by atoms with Gasteiger partial charge in [0.15, 0.2) is 0 Å². The molecule has 0 unspecified atom stereocenters. The van der Waals surface area contributed by atoms with Crippen LogP contribution in [0.3, 0.4) is 0 Å². The van der Waals surface area contributed by atoms with Crippen molar-refractivity contribution in [1.82, 2.24) is 14.5 Å². The molecule has 0 saturated carbocycles. The summed E-state index contributed by atoms with van der Waals surface area (Å²) < 4.78 is 2.28. The van der Waals surface area contributed by atoms with Crippen LogP contribution in [0.5, 0.6) is 0 Å². The molecule has 2 aromatic rings. The van der Waals surface area contributed by atoms with Crippen molar-refractivity contribution in [2.45, 2.75) is 38.0 Å². The number of hydrogen-bond acceptors (Lipinski definition) is 3. The van der Waals surface area contributed by atoms with Gasteiger partial charge in [0.2, 0.25) is 0 Å². The molecule has 0 spiro atoms. The Balaban J connectivity index is 1.43. The van der Waals surface area contributed by atoms with Gasteiger partial charge in [-0.2, -0.15) is 0 Å². The lowest BCUT2D eigenvalue weighted by Crippen LogP contribution is -2.40. The number of rotatable bonds is 3. The highest BCUT2D eigenvalue weighted by atomic mass is 16.3. The van der Waals surface area contributed by atoms with Crippen molar-refractivity contribution in [3.63, 3.8) is 0 Å². The van der Waals surface area contributed by atoms with Crippen molar-refractivity contribution in [2.24, 2.45) is 5.92 Å². The topological polar surface area (TPSA) is 41.3 Å². The van der Waals surface area contributed by atoms with Crippen LogP contribution in [0.4, 0.5) is 0 Å². The zero-order valence-corrected chi connectivity index (χ0v) is 13.0. The van der Waals surface area contributed by atoms with Crippen molar-refractivity contribution in [3.8, 4) is 0 Å². The molecule has 2 aliphatic rings. The summed E-state index contributed by atoms with van der Waals surface area (Å²) in [6, 6.07) is 8.50. The Labute approximate surface area is 131 Å². The number of fused-ring (bicyclic) bond motifs is 2. The van der Waals surface area contributed by atoms with E-state index in [0.717, 1.165) is 31.5 Å². The molecule has 4 nitrogen and oxygen atoms in total. The molecule has 0 fully saturated rings. The Bertz CT molecular complexity index is 666. The van der Waals surface area contributed by atoms with Crippen LogP contribution in [0.2, 0.25) is 0 Å². The second kappa shape index (κ2) is 5.52. The predicted octanol–water partition coefficient (Wildman–Crippen LogP) is 2.04. The molecule has 1 aliphatic carbocycles. The minimum absolute atomic E-state index is 0.210. The van der Waals surface area contributed by atoms with Gasteiger partial charge in [-0.15, -0.1) is 0 Å². The maximum absolute atomic E-state index is 10.6. The van der Waals surface area contributed by atoms with Gasteiger partial charge in [-0.1, -0.05) is 24.3 Å². The summed E-state index contributed by atoms with van der Waals surface area (Å²) in [6.07, 6.45) is 6.85. The van der Waals surface area contributed by atoms with E-state index >= 15 is 0 Å². The first-order valence-electron chi connectivity index (χ1n) is 8.18. The summed E-state index contributed by atoms with van der Waals surface area (Å²) in [4.78, 5) is 6.75. The minimum Gasteiger partial charge on any atom is -0.387 e. The number of benzene rings is 1. The maximum atomic E-state index is 10.6. The first-order valence-corrected chi connectivity index (χ1v) is 8.18. The molecule has 1 aromatic carbocycles. The summed E-state index contributed by atoms with van der Waals surface area (Å²) in [5, 5.41) is 10.6. The Hall–Kier alpha value is -1.65. The van der Waals surface area contributed by atoms with Crippen LogP contribution in [0.1, 0.15) is 29.5 Å². The third kappa shape index (κ3) is 2.36. The Kier molecular flexibility index (Phi) is 3.51. The smallest absolute Gasteiger partial charge is 0.108 e. The lowest BCUT2D eigenvalue weighted by molar-refractivity contribution is 0.0631. The van der Waals surface area contributed by atoms with Gasteiger partial charge in [0, 0.05) is 37.9 Å². The van der Waals surface area contributed by atoms with E-state index in [-0.39, 0.29) is 12.1 Å². The molecular weight excluding hydrogens is 274 g/mol. The van der Waals surface area contributed by atoms with Gasteiger partial charge in [-0.3, -0.25) is 4.90 Å². The van der Waals surface area contributed by atoms with Crippen LogP contribution < -0.4 is 0 Å². The molecule has 0 bridgehead atoms. The van der Waals surface area contributed by atoms with Crippen molar-refractivity contribution < 1.29 is 5.11 Å². The van der Waals surface area contributed by atoms with Crippen LogP contribution in [0, 0.1) is 5.92 Å². The fraction of sp³-hybridized carbons (Fsp3) is 0.500. The Morgan fingerprint density at radius 3 is 3.09 bits per heavy atom. The van der Waals surface area contributed by atoms with Crippen molar-refractivity contribution >= 4 is 0 Å². The van der Waals surface area contributed by atoms with Crippen LogP contribution in [-0.4, -0.2) is 39.2 Å². The molecule has 0 amide bonds. The van der Waals surface area contributed by atoms with Gasteiger partial charge >= 0.3 is 0 Å². The third-order valence-electron chi connectivity index (χ3n) is 5.31. The number of aliphatic hydroxyl groups is 1. The summed E-state index contributed by atoms with van der Waals surface area (Å²) in [6.45, 7) is 2.09. The number of nitrogens with zero attached hydrogens (tertiary/aromatic N) is 3. The second-order valence-electron chi connectivity index (χ2n) is 6.76. The minimum atomic E-state index is -0.353. The standard InChI is InChI=1S/C18H23N3O/c1-20(11-13-6-7-17-19-8-9-21(17)12-13)16-10-14-4-2-3-5-15(14)18(16)22/h2-5,8-9,13,16,18,22H,6-7,10-12H2,1H3/t13-,16+,18+/m0/s1. The van der Waals surface area contributed by atoms with Crippen molar-refractivity contribution in [1.29, 1.82) is 0 Å². The van der Waals surface area contributed by atoms with Crippen LogP contribution in [-0.2, 0) is 19.4 Å². The molecule has 0 radical (unpaired) electrons. The van der Waals surface area contributed by atoms with Crippen LogP contribution in [0.15, 0.2) is 36.7 Å². The number of aliphatic hydroxyl groups excluding tert-OH is 1. The highest BCUT2D eigenvalue weighted by Crippen LogP contribution is 2.34. The normalized spacial score (nSPS) is 27.0. The quantitative estimate of drug-likeness (QED) is 0.942. The van der Waals surface area contributed by atoms with Crippen LogP contribution >= 0.6 is 0 Å². The lowest BCUT2D eigenvalue weighted by atomic mass is 9.97. The summed E-state index contributed by atoms with van der Waals surface area (Å²) in [5.41, 5.74) is 2.41. The molecule has 116 valence electrons. The highest BCUT2D eigenvalue weighted by Gasteiger charge is 2.34. The fourth-order valence-electron chi connectivity index (χ4n) is 4.08. The molecule has 3 atom stereocenters. The zero-order chi connectivity index (χ0) is 15.1. The number of imidazole rings is 1. The largest absolute Gasteiger partial charge is 0.387 e. The van der Waals surface area contributed by atoms with E-state index in [1.54, 1.807) is 0 Å². The van der Waals surface area contributed by atoms with E-state index in [9.17, 15) is 5.11 Å². The average Bonchev–Trinajstić information content (AvgIpc) is 3.12. The van der Waals surface area contributed by atoms with Gasteiger partial charge in [-0.05, 0) is 36.9 Å². The van der Waals surface area contributed by atoms with Gasteiger partial charge < -0.3 is 9.67 Å². The van der Waals surface area contributed by atoms with Crippen molar-refractivity contribution in [2.75, 3.05) is 13.6 Å². The summed E-state index contributed by atoms with van der Waals surface area (Å²) >= 11 is 0. The Morgan fingerprint density at radius 2 is 2.23 bits per heavy atom. The number of hydrogen-bond donors (Lipinski definition) is 1. The second-order valence-corrected chi connectivity index (χ2v) is 6.76. The number of likely N-dealkylation sites (N-methyl/N-ethyl adjacent to an activating group) is 1. The van der Waals surface area contributed by atoms with Gasteiger partial charge in [-0.25, -0.2) is 4.98 Å². The maximum Gasteiger partial charge on any atom is 0.108 e. The zero-order valence-electron chi connectivity index (χ0n) is 13.0. The van der Waals surface area contributed by atoms with Crippen molar-refractivity contribution in [3.05, 3.63) is 53.6 Å². The number of aryl methyl sites for hydroxylation is 1. The SMILES string of the molecule is CN(C[C@@H]1CCc2nccn2C1)[C@@H]1Cc2ccccc2[C@H]1O. The monoisotopic (exact) mass is 297 g/mol. The van der Waals surface area contributed by atoms with E-state index in [0.29, 0.717) is 5.92 Å². The predicted molar refractivity (Wildman–Crippen MR) is 85.6 cm³/mol. The highest BCUT2D eigenvalue weighted by molar-refractivity contribution is 5.35. The third-order valence-corrected chi connectivity index (χ3v) is 5.31. The molecule has 1 N–H and O–H groups in total. The number of aromatic nitrogens is 2. The summed E-state index contributed by atoms with van der Waals surface area (Å²) in [5.74, 6) is 1.86. The molecule has 4 rings (SSSR count). The van der Waals surface area contributed by atoms with E-state index in [1.807, 2.05) is 12.3 Å². The van der Waals surface area contributed by atoms with Gasteiger partial charge in [0.1, 0.15) is 5.82 Å². The Morgan fingerprint density at radius 1 is 1.36 bits per heavy atom. The molecule has 0 saturated heterocycles. The fourth-order valence-corrected chi connectivity index (χ4v) is 4.08.